The fourth-order valence-electron chi connectivity index (χ4n) is 2.52. The minimum atomic E-state index is -0.297. The van der Waals surface area contributed by atoms with Crippen LogP contribution in [0.3, 0.4) is 0 Å². The van der Waals surface area contributed by atoms with Gasteiger partial charge in [0.2, 0.25) is 0 Å². The molecule has 0 spiro atoms. The molecule has 2 aromatic carbocycles. The maximum absolute atomic E-state index is 13.1. The van der Waals surface area contributed by atoms with Crippen LogP contribution in [0.5, 0.6) is 0 Å². The van der Waals surface area contributed by atoms with Crippen LogP contribution in [0.25, 0.3) is 11.3 Å². The molecule has 0 bridgehead atoms. The minimum absolute atomic E-state index is 0.131. The molecule has 0 aliphatic carbocycles. The van der Waals surface area contributed by atoms with E-state index in [1.807, 2.05) is 0 Å². The Morgan fingerprint density at radius 3 is 2.71 bits per heavy atom. The van der Waals surface area contributed by atoms with E-state index in [0.717, 1.165) is 16.8 Å². The maximum Gasteiger partial charge on any atom is 0.253 e. The van der Waals surface area contributed by atoms with Gasteiger partial charge in [-0.15, -0.1) is 0 Å². The lowest BCUT2D eigenvalue weighted by Gasteiger charge is -2.17. The Labute approximate surface area is 138 Å². The van der Waals surface area contributed by atoms with Gasteiger partial charge in [-0.05, 0) is 42.5 Å². The summed E-state index contributed by atoms with van der Waals surface area (Å²) in [6.07, 6.45) is 1.67. The number of hydrogen-bond donors (Lipinski definition) is 2. The highest BCUT2D eigenvalue weighted by Gasteiger charge is 2.15. The summed E-state index contributed by atoms with van der Waals surface area (Å²) in [5.41, 5.74) is 9.23. The Kier molecular flexibility index (Phi) is 4.29. The van der Waals surface area contributed by atoms with E-state index in [-0.39, 0.29) is 11.7 Å². The Morgan fingerprint density at radius 1 is 1.25 bits per heavy atom. The summed E-state index contributed by atoms with van der Waals surface area (Å²) >= 11 is 0. The molecule has 1 heterocycles. The zero-order chi connectivity index (χ0) is 17.1. The number of nitrogens with one attached hydrogen (secondary N) is 1. The molecule has 24 heavy (non-hydrogen) atoms. The Hall–Kier alpha value is -3.15. The second-order valence-electron chi connectivity index (χ2n) is 5.56. The molecule has 6 heteroatoms. The number of carbonyl (C=O) groups is 1. The van der Waals surface area contributed by atoms with Crippen LogP contribution in [-0.4, -0.2) is 28.1 Å². The lowest BCUT2D eigenvalue weighted by molar-refractivity contribution is 0.0785. The van der Waals surface area contributed by atoms with E-state index in [1.54, 1.807) is 54.5 Å². The molecule has 3 aromatic rings. The fourth-order valence-corrected chi connectivity index (χ4v) is 2.52. The number of benzene rings is 2. The first kappa shape index (κ1) is 15.7. The van der Waals surface area contributed by atoms with Crippen molar-refractivity contribution in [2.45, 2.75) is 6.54 Å². The third-order valence-corrected chi connectivity index (χ3v) is 3.74. The number of carbonyl (C=O) groups excluding carboxylic acids is 1. The minimum Gasteiger partial charge on any atom is -0.399 e. The fraction of sp³-hybridized carbons (Fsp3) is 0.111. The number of nitrogens with zero attached hydrogens (tertiary/aromatic N) is 2. The van der Waals surface area contributed by atoms with Crippen molar-refractivity contribution in [3.05, 3.63) is 71.7 Å². The van der Waals surface area contributed by atoms with Gasteiger partial charge < -0.3 is 10.6 Å². The highest BCUT2D eigenvalue weighted by molar-refractivity contribution is 5.94. The zero-order valence-corrected chi connectivity index (χ0v) is 13.2. The molecule has 3 rings (SSSR count). The van der Waals surface area contributed by atoms with Crippen LogP contribution in [0.4, 0.5) is 10.1 Å². The molecule has 1 aromatic heterocycles. The SMILES string of the molecule is CN(Cc1cn[nH]c1-c1ccc(F)cc1)C(=O)c1cccc(N)c1. The van der Waals surface area contributed by atoms with E-state index in [2.05, 4.69) is 10.2 Å². The number of aromatic amines is 1. The molecule has 0 fully saturated rings. The van der Waals surface area contributed by atoms with E-state index in [1.165, 1.54) is 12.1 Å². The number of nitrogen functional groups attached to an aromatic ring is 1. The summed E-state index contributed by atoms with van der Waals surface area (Å²) in [7, 11) is 1.72. The van der Waals surface area contributed by atoms with Crippen molar-refractivity contribution in [3.63, 3.8) is 0 Å². The van der Waals surface area contributed by atoms with E-state index in [4.69, 9.17) is 5.73 Å². The van der Waals surface area contributed by atoms with Crippen molar-refractivity contribution in [2.75, 3.05) is 12.8 Å². The smallest absolute Gasteiger partial charge is 0.253 e. The first-order valence-corrected chi connectivity index (χ1v) is 7.44. The van der Waals surface area contributed by atoms with E-state index >= 15 is 0 Å². The predicted molar refractivity (Wildman–Crippen MR) is 90.6 cm³/mol. The Balaban J connectivity index is 1.80. The molecule has 1 amide bonds. The highest BCUT2D eigenvalue weighted by atomic mass is 19.1. The number of halogens is 1. The van der Waals surface area contributed by atoms with Gasteiger partial charge in [0, 0.05) is 36.0 Å². The second kappa shape index (κ2) is 6.54. The average Bonchev–Trinajstić information content (AvgIpc) is 3.03. The van der Waals surface area contributed by atoms with Gasteiger partial charge in [-0.25, -0.2) is 4.39 Å². The molecular weight excluding hydrogens is 307 g/mol. The van der Waals surface area contributed by atoms with Gasteiger partial charge in [0.1, 0.15) is 5.82 Å². The van der Waals surface area contributed by atoms with Gasteiger partial charge >= 0.3 is 0 Å². The monoisotopic (exact) mass is 324 g/mol. The number of rotatable bonds is 4. The topological polar surface area (TPSA) is 75.0 Å². The zero-order valence-electron chi connectivity index (χ0n) is 13.2. The largest absolute Gasteiger partial charge is 0.399 e. The van der Waals surface area contributed by atoms with Crippen molar-refractivity contribution in [3.8, 4) is 11.3 Å². The summed E-state index contributed by atoms with van der Waals surface area (Å²) in [4.78, 5) is 14.1. The Bertz CT molecular complexity index is 857. The first-order chi connectivity index (χ1) is 11.5. The number of amides is 1. The quantitative estimate of drug-likeness (QED) is 0.724. The number of aromatic nitrogens is 2. The molecule has 5 nitrogen and oxygen atoms in total. The highest BCUT2D eigenvalue weighted by Crippen LogP contribution is 2.23. The summed E-state index contributed by atoms with van der Waals surface area (Å²) < 4.78 is 13.1. The van der Waals surface area contributed by atoms with Crippen molar-refractivity contribution in [2.24, 2.45) is 0 Å². The third-order valence-electron chi connectivity index (χ3n) is 3.74. The number of nitrogens with two attached hydrogens (primary N) is 1. The Morgan fingerprint density at radius 2 is 2.00 bits per heavy atom. The van der Waals surface area contributed by atoms with Crippen LogP contribution in [0, 0.1) is 5.82 Å². The van der Waals surface area contributed by atoms with Gasteiger partial charge in [-0.3, -0.25) is 9.89 Å². The second-order valence-corrected chi connectivity index (χ2v) is 5.56. The van der Waals surface area contributed by atoms with Gasteiger partial charge in [0.25, 0.3) is 5.91 Å². The molecule has 3 N–H and O–H groups in total. The van der Waals surface area contributed by atoms with Crippen molar-refractivity contribution >= 4 is 11.6 Å². The maximum atomic E-state index is 13.1. The van der Waals surface area contributed by atoms with Crippen LogP contribution in [0.2, 0.25) is 0 Å². The van der Waals surface area contributed by atoms with Gasteiger partial charge in [-0.1, -0.05) is 6.07 Å². The molecule has 0 radical (unpaired) electrons. The molecule has 0 atom stereocenters. The molecule has 0 aliphatic heterocycles. The van der Waals surface area contributed by atoms with Crippen LogP contribution in [0.15, 0.2) is 54.7 Å². The number of H-pyrrole nitrogens is 1. The van der Waals surface area contributed by atoms with Gasteiger partial charge in [0.15, 0.2) is 0 Å². The molecule has 0 saturated heterocycles. The first-order valence-electron chi connectivity index (χ1n) is 7.44. The summed E-state index contributed by atoms with van der Waals surface area (Å²) in [5.74, 6) is -0.428. The summed E-state index contributed by atoms with van der Waals surface area (Å²) in [6, 6.07) is 13.0. The normalized spacial score (nSPS) is 10.6. The van der Waals surface area contributed by atoms with Crippen molar-refractivity contribution in [1.82, 2.24) is 15.1 Å². The summed E-state index contributed by atoms with van der Waals surface area (Å²) in [5, 5.41) is 6.95. The van der Waals surface area contributed by atoms with Crippen LogP contribution in [0.1, 0.15) is 15.9 Å². The lowest BCUT2D eigenvalue weighted by atomic mass is 10.1. The van der Waals surface area contributed by atoms with Crippen LogP contribution < -0.4 is 5.73 Å². The van der Waals surface area contributed by atoms with E-state index in [9.17, 15) is 9.18 Å². The average molecular weight is 324 g/mol. The predicted octanol–water partition coefficient (Wildman–Crippen LogP) is 3.07. The van der Waals surface area contributed by atoms with Crippen LogP contribution >= 0.6 is 0 Å². The summed E-state index contributed by atoms with van der Waals surface area (Å²) in [6.45, 7) is 0.372. The molecule has 0 aliphatic rings. The van der Waals surface area contributed by atoms with E-state index in [0.29, 0.717) is 17.8 Å². The number of hydrogen-bond acceptors (Lipinski definition) is 3. The van der Waals surface area contributed by atoms with E-state index < -0.39 is 0 Å². The molecule has 0 saturated carbocycles. The van der Waals surface area contributed by atoms with Crippen molar-refractivity contribution in [1.29, 1.82) is 0 Å². The molecular formula is C18H17FN4O. The van der Waals surface area contributed by atoms with Gasteiger partial charge in [0.05, 0.1) is 11.9 Å². The van der Waals surface area contributed by atoms with Crippen LogP contribution in [-0.2, 0) is 6.54 Å². The third kappa shape index (κ3) is 3.27. The van der Waals surface area contributed by atoms with Gasteiger partial charge in [-0.2, -0.15) is 5.10 Å². The molecule has 122 valence electrons. The lowest BCUT2D eigenvalue weighted by Crippen LogP contribution is -2.26. The number of anilines is 1. The molecule has 0 unspecified atom stereocenters. The van der Waals surface area contributed by atoms with Crippen molar-refractivity contribution < 1.29 is 9.18 Å². The standard InChI is InChI=1S/C18H17FN4O/c1-23(18(24)13-3-2-4-16(20)9-13)11-14-10-21-22-17(14)12-5-7-15(19)8-6-12/h2-10H,11,20H2,1H3,(H,21,22).